The number of carbonyl (C=O) groups excluding carboxylic acids is 1. The van der Waals surface area contributed by atoms with Crippen molar-refractivity contribution >= 4 is 45.6 Å². The summed E-state index contributed by atoms with van der Waals surface area (Å²) >= 11 is 11.6. The van der Waals surface area contributed by atoms with E-state index in [0.29, 0.717) is 5.02 Å². The first-order valence-corrected chi connectivity index (χ1v) is 8.55. The Morgan fingerprint density at radius 3 is 2.46 bits per heavy atom. The highest BCUT2D eigenvalue weighted by Gasteiger charge is 2.30. The zero-order valence-electron chi connectivity index (χ0n) is 11.9. The number of benzene rings is 2. The van der Waals surface area contributed by atoms with E-state index < -0.39 is 34.2 Å². The van der Waals surface area contributed by atoms with Gasteiger partial charge in [-0.3, -0.25) is 9.00 Å². The first-order valence-electron chi connectivity index (χ1n) is 6.47. The minimum Gasteiger partial charge on any atom is -0.324 e. The Labute approximate surface area is 148 Å². The highest BCUT2D eigenvalue weighted by atomic mass is 35.5. The molecule has 0 aliphatic carbocycles. The van der Waals surface area contributed by atoms with Crippen LogP contribution in [0.25, 0.3) is 0 Å². The number of carbonyl (C=O) groups is 1. The van der Waals surface area contributed by atoms with Crippen LogP contribution in [0.15, 0.2) is 47.4 Å². The molecule has 9 heteroatoms. The van der Waals surface area contributed by atoms with Gasteiger partial charge in [0.15, 0.2) is 0 Å². The van der Waals surface area contributed by atoms with Gasteiger partial charge >= 0.3 is 6.18 Å². The second-order valence-electron chi connectivity index (χ2n) is 4.69. The molecule has 0 fully saturated rings. The maximum absolute atomic E-state index is 12.7. The highest BCUT2D eigenvalue weighted by Crippen LogP contribution is 2.30. The van der Waals surface area contributed by atoms with E-state index >= 15 is 0 Å². The molecule has 0 aromatic heterocycles. The molecule has 1 N–H and O–H groups in total. The van der Waals surface area contributed by atoms with Crippen LogP contribution >= 0.6 is 23.2 Å². The Balaban J connectivity index is 2.08. The van der Waals surface area contributed by atoms with Gasteiger partial charge < -0.3 is 5.32 Å². The number of halogens is 5. The lowest BCUT2D eigenvalue weighted by Gasteiger charge is -2.09. The molecule has 0 radical (unpaired) electrons. The predicted octanol–water partition coefficient (Wildman–Crippen LogP) is 4.76. The summed E-state index contributed by atoms with van der Waals surface area (Å²) in [5.41, 5.74) is -0.651. The Hall–Kier alpha value is -1.57. The average Bonchev–Trinajstić information content (AvgIpc) is 2.49. The molecule has 0 aliphatic rings. The lowest BCUT2D eigenvalue weighted by molar-refractivity contribution is -0.137. The quantitative estimate of drug-likeness (QED) is 0.810. The third-order valence-corrected chi connectivity index (χ3v) is 4.74. The number of alkyl halides is 3. The van der Waals surface area contributed by atoms with Gasteiger partial charge in [-0.05, 0) is 36.4 Å². The van der Waals surface area contributed by atoms with Crippen molar-refractivity contribution in [1.82, 2.24) is 0 Å². The number of rotatable bonds is 4. The maximum atomic E-state index is 12.7. The van der Waals surface area contributed by atoms with E-state index in [1.54, 1.807) is 0 Å². The summed E-state index contributed by atoms with van der Waals surface area (Å²) in [7, 11) is -1.92. The number of amides is 1. The summed E-state index contributed by atoms with van der Waals surface area (Å²) in [6.45, 7) is 0. The molecule has 1 atom stereocenters. The van der Waals surface area contributed by atoms with E-state index in [2.05, 4.69) is 5.32 Å². The smallest absolute Gasteiger partial charge is 0.324 e. The van der Waals surface area contributed by atoms with Crippen LogP contribution in [0.1, 0.15) is 5.56 Å². The molecular formula is C15H10Cl2F3NO2S. The zero-order chi connectivity index (χ0) is 17.9. The van der Waals surface area contributed by atoms with Crippen LogP contribution < -0.4 is 5.32 Å². The highest BCUT2D eigenvalue weighted by molar-refractivity contribution is 7.85. The van der Waals surface area contributed by atoms with Gasteiger partial charge in [0.2, 0.25) is 5.91 Å². The number of anilines is 1. The first kappa shape index (κ1) is 18.8. The third kappa shape index (κ3) is 4.96. The van der Waals surface area contributed by atoms with E-state index in [-0.39, 0.29) is 15.6 Å². The lowest BCUT2D eigenvalue weighted by atomic mass is 10.2. The molecule has 2 aromatic carbocycles. The van der Waals surface area contributed by atoms with Crippen molar-refractivity contribution in [3.63, 3.8) is 0 Å². The molecule has 128 valence electrons. The van der Waals surface area contributed by atoms with E-state index in [4.69, 9.17) is 23.2 Å². The Kier molecular flexibility index (Phi) is 5.90. The molecule has 0 heterocycles. The number of hydrogen-bond acceptors (Lipinski definition) is 2. The van der Waals surface area contributed by atoms with Gasteiger partial charge in [-0.25, -0.2) is 0 Å². The molecule has 24 heavy (non-hydrogen) atoms. The van der Waals surface area contributed by atoms with Crippen LogP contribution in [0.3, 0.4) is 0 Å². The molecule has 0 bridgehead atoms. The molecule has 0 aliphatic heterocycles. The van der Waals surface area contributed by atoms with E-state index in [9.17, 15) is 22.2 Å². The van der Waals surface area contributed by atoms with Gasteiger partial charge in [-0.15, -0.1) is 0 Å². The van der Waals surface area contributed by atoms with Crippen LogP contribution in [0, 0.1) is 0 Å². The van der Waals surface area contributed by atoms with Crippen LogP contribution in [0.4, 0.5) is 18.9 Å². The average molecular weight is 396 g/mol. The molecular weight excluding hydrogens is 386 g/mol. The van der Waals surface area contributed by atoms with Crippen molar-refractivity contribution < 1.29 is 22.2 Å². The second kappa shape index (κ2) is 7.55. The minimum atomic E-state index is -4.54. The molecule has 1 amide bonds. The first-order chi connectivity index (χ1) is 11.2. The van der Waals surface area contributed by atoms with Crippen molar-refractivity contribution in [2.45, 2.75) is 11.1 Å². The summed E-state index contributed by atoms with van der Waals surface area (Å²) in [6.07, 6.45) is -4.54. The number of hydrogen-bond donors (Lipinski definition) is 1. The Morgan fingerprint density at radius 1 is 1.12 bits per heavy atom. The van der Waals surface area contributed by atoms with Crippen LogP contribution in [0.2, 0.25) is 10.0 Å². The summed E-state index contributed by atoms with van der Waals surface area (Å²) in [4.78, 5) is 11.8. The fourth-order valence-corrected chi connectivity index (χ4v) is 3.22. The normalized spacial score (nSPS) is 12.7. The summed E-state index contributed by atoms with van der Waals surface area (Å²) in [5.74, 6) is -1.14. The Morgan fingerprint density at radius 2 is 1.83 bits per heavy atom. The fraction of sp³-hybridized carbons (Fsp3) is 0.133. The molecule has 0 unspecified atom stereocenters. The van der Waals surface area contributed by atoms with Gasteiger partial charge in [0.1, 0.15) is 5.75 Å². The van der Waals surface area contributed by atoms with Crippen molar-refractivity contribution in [3.8, 4) is 0 Å². The molecule has 2 aromatic rings. The molecule has 0 spiro atoms. The minimum absolute atomic E-state index is 0.0813. The van der Waals surface area contributed by atoms with Crippen LogP contribution in [-0.4, -0.2) is 15.9 Å². The zero-order valence-corrected chi connectivity index (χ0v) is 14.2. The molecule has 3 nitrogen and oxygen atoms in total. The second-order valence-corrected chi connectivity index (χ2v) is 6.98. The summed E-state index contributed by atoms with van der Waals surface area (Å²) < 4.78 is 50.1. The third-order valence-electron chi connectivity index (χ3n) is 2.89. The monoisotopic (exact) mass is 395 g/mol. The van der Waals surface area contributed by atoms with Gasteiger partial charge in [-0.2, -0.15) is 13.2 Å². The Bertz CT molecular complexity index is 797. The standard InChI is InChI=1S/C15H10Cl2F3NO2S/c16-10-4-5-13(12(17)7-10)21-14(22)8-24(23)11-3-1-2-9(6-11)15(18,19)20/h1-7H,8H2,(H,21,22)/t24-/m1/s1. The van der Waals surface area contributed by atoms with E-state index in [1.165, 1.54) is 24.3 Å². The molecule has 2 rings (SSSR count). The van der Waals surface area contributed by atoms with Gasteiger partial charge in [0.25, 0.3) is 0 Å². The van der Waals surface area contributed by atoms with Crippen molar-refractivity contribution in [3.05, 3.63) is 58.1 Å². The lowest BCUT2D eigenvalue weighted by Crippen LogP contribution is -2.20. The fourth-order valence-electron chi connectivity index (χ4n) is 1.79. The van der Waals surface area contributed by atoms with Crippen molar-refractivity contribution in [2.24, 2.45) is 0 Å². The van der Waals surface area contributed by atoms with Crippen molar-refractivity contribution in [1.29, 1.82) is 0 Å². The maximum Gasteiger partial charge on any atom is 0.416 e. The van der Waals surface area contributed by atoms with E-state index in [0.717, 1.165) is 18.2 Å². The largest absolute Gasteiger partial charge is 0.416 e. The number of nitrogens with one attached hydrogen (secondary N) is 1. The van der Waals surface area contributed by atoms with Crippen LogP contribution in [0.5, 0.6) is 0 Å². The topological polar surface area (TPSA) is 46.2 Å². The van der Waals surface area contributed by atoms with Gasteiger partial charge in [0.05, 0.1) is 27.1 Å². The van der Waals surface area contributed by atoms with Crippen molar-refractivity contribution in [2.75, 3.05) is 11.1 Å². The van der Waals surface area contributed by atoms with E-state index in [1.807, 2.05) is 0 Å². The summed E-state index contributed by atoms with van der Waals surface area (Å²) in [6, 6.07) is 8.44. The summed E-state index contributed by atoms with van der Waals surface area (Å²) in [5, 5.41) is 3.01. The molecule has 0 saturated carbocycles. The predicted molar refractivity (Wildman–Crippen MR) is 87.8 cm³/mol. The van der Waals surface area contributed by atoms with Gasteiger partial charge in [-0.1, -0.05) is 29.3 Å². The SMILES string of the molecule is O=C(C[S@@](=O)c1cccc(C(F)(F)F)c1)Nc1ccc(Cl)cc1Cl. The van der Waals surface area contributed by atoms with Gasteiger partial charge in [0, 0.05) is 9.92 Å². The van der Waals surface area contributed by atoms with Crippen LogP contribution in [-0.2, 0) is 21.8 Å². The molecule has 0 saturated heterocycles.